The van der Waals surface area contributed by atoms with E-state index in [4.69, 9.17) is 0 Å². The second-order valence-electron chi connectivity index (χ2n) is 4.97. The molecule has 0 aromatic heterocycles. The molecule has 94 valence electrons. The van der Waals surface area contributed by atoms with E-state index in [0.717, 1.165) is 12.8 Å². The zero-order chi connectivity index (χ0) is 13.2. The first-order chi connectivity index (χ1) is 9.35. The van der Waals surface area contributed by atoms with Crippen LogP contribution in [0.2, 0.25) is 0 Å². The molecule has 0 saturated carbocycles. The van der Waals surface area contributed by atoms with E-state index in [1.54, 1.807) is 0 Å². The van der Waals surface area contributed by atoms with Crippen molar-refractivity contribution in [1.82, 2.24) is 0 Å². The summed E-state index contributed by atoms with van der Waals surface area (Å²) in [7, 11) is 0. The lowest BCUT2D eigenvalue weighted by Crippen LogP contribution is -1.91. The minimum atomic E-state index is 1.11. The normalized spacial score (nSPS) is 11.0. The molecule has 0 bridgehead atoms. The van der Waals surface area contributed by atoms with Crippen molar-refractivity contribution in [2.45, 2.75) is 19.8 Å². The van der Waals surface area contributed by atoms with E-state index < -0.39 is 0 Å². The smallest absolute Gasteiger partial charge is 0.0102 e. The third-order valence-corrected chi connectivity index (χ3v) is 3.79. The Morgan fingerprint density at radius 3 is 2.47 bits per heavy atom. The van der Waals surface area contributed by atoms with Crippen LogP contribution in [0.4, 0.5) is 0 Å². The molecule has 0 heteroatoms. The first-order valence-corrected chi connectivity index (χ1v) is 6.91. The van der Waals surface area contributed by atoms with Crippen LogP contribution in [-0.2, 0) is 6.42 Å². The summed E-state index contributed by atoms with van der Waals surface area (Å²) in [6.07, 6.45) is 4.24. The molecule has 3 rings (SSSR count). The molecular formula is C19H18. The Morgan fingerprint density at radius 1 is 0.895 bits per heavy atom. The zero-order valence-electron chi connectivity index (χ0n) is 11.3. The van der Waals surface area contributed by atoms with E-state index in [1.165, 1.54) is 32.7 Å². The van der Waals surface area contributed by atoms with Gasteiger partial charge in [-0.2, -0.15) is 0 Å². The Labute approximate surface area is 114 Å². The zero-order valence-corrected chi connectivity index (χ0v) is 11.3. The molecule has 0 aliphatic carbocycles. The van der Waals surface area contributed by atoms with Gasteiger partial charge in [-0.25, -0.2) is 0 Å². The van der Waals surface area contributed by atoms with E-state index >= 15 is 0 Å². The predicted molar refractivity (Wildman–Crippen MR) is 85.5 cm³/mol. The largest absolute Gasteiger partial charge is 0.0985 e. The monoisotopic (exact) mass is 246 g/mol. The average Bonchev–Trinajstić information content (AvgIpc) is 2.47. The summed E-state index contributed by atoms with van der Waals surface area (Å²) in [6.45, 7) is 6.17. The summed E-state index contributed by atoms with van der Waals surface area (Å²) >= 11 is 0. The maximum Gasteiger partial charge on any atom is -0.0102 e. The van der Waals surface area contributed by atoms with Crippen LogP contribution < -0.4 is 0 Å². The van der Waals surface area contributed by atoms with Gasteiger partial charge in [-0.15, -0.1) is 0 Å². The third-order valence-electron chi connectivity index (χ3n) is 3.79. The Kier molecular flexibility index (Phi) is 3.08. The minimum absolute atomic E-state index is 1.11. The van der Waals surface area contributed by atoms with Gasteiger partial charge in [-0.05, 0) is 39.1 Å². The van der Waals surface area contributed by atoms with E-state index in [1.807, 2.05) is 6.08 Å². The van der Waals surface area contributed by atoms with Gasteiger partial charge >= 0.3 is 0 Å². The molecular weight excluding hydrogens is 228 g/mol. The van der Waals surface area contributed by atoms with Crippen LogP contribution in [0.25, 0.3) is 27.6 Å². The summed E-state index contributed by atoms with van der Waals surface area (Å²) in [5.41, 5.74) is 2.70. The van der Waals surface area contributed by atoms with Gasteiger partial charge in [0.1, 0.15) is 0 Å². The van der Waals surface area contributed by atoms with Crippen molar-refractivity contribution in [3.8, 4) is 0 Å². The van der Waals surface area contributed by atoms with E-state index in [2.05, 4.69) is 62.0 Å². The molecule has 19 heavy (non-hydrogen) atoms. The van der Waals surface area contributed by atoms with Crippen LogP contribution in [0.1, 0.15) is 24.5 Å². The first-order valence-electron chi connectivity index (χ1n) is 6.91. The number of fused-ring (bicyclic) bond motifs is 3. The number of aryl methyl sites for hydroxylation is 1. The topological polar surface area (TPSA) is 0 Å². The number of benzene rings is 3. The third kappa shape index (κ3) is 1.94. The SMILES string of the molecule is C=Cc1ccc2c(ccc3ccccc32)c1CCC. The van der Waals surface area contributed by atoms with Gasteiger partial charge in [0.15, 0.2) is 0 Å². The van der Waals surface area contributed by atoms with Crippen LogP contribution >= 0.6 is 0 Å². The molecule has 3 aromatic rings. The van der Waals surface area contributed by atoms with Crippen molar-refractivity contribution >= 4 is 27.6 Å². The summed E-state index contributed by atoms with van der Waals surface area (Å²) in [6, 6.07) is 17.5. The second kappa shape index (κ2) is 4.89. The number of hydrogen-bond acceptors (Lipinski definition) is 0. The minimum Gasteiger partial charge on any atom is -0.0985 e. The quantitative estimate of drug-likeness (QED) is 0.528. The van der Waals surface area contributed by atoms with Gasteiger partial charge in [0.2, 0.25) is 0 Å². The molecule has 0 nitrogen and oxygen atoms in total. The molecule has 0 spiro atoms. The van der Waals surface area contributed by atoms with Crippen molar-refractivity contribution in [3.63, 3.8) is 0 Å². The van der Waals surface area contributed by atoms with Gasteiger partial charge < -0.3 is 0 Å². The maximum atomic E-state index is 3.94. The van der Waals surface area contributed by atoms with Crippen molar-refractivity contribution in [2.24, 2.45) is 0 Å². The summed E-state index contributed by atoms with van der Waals surface area (Å²) in [5.74, 6) is 0. The van der Waals surface area contributed by atoms with E-state index in [0.29, 0.717) is 0 Å². The van der Waals surface area contributed by atoms with Crippen molar-refractivity contribution < 1.29 is 0 Å². The highest BCUT2D eigenvalue weighted by atomic mass is 14.1. The van der Waals surface area contributed by atoms with Crippen molar-refractivity contribution in [3.05, 3.63) is 66.2 Å². The lowest BCUT2D eigenvalue weighted by molar-refractivity contribution is 0.927. The number of hydrogen-bond donors (Lipinski definition) is 0. The molecule has 0 heterocycles. The lowest BCUT2D eigenvalue weighted by atomic mass is 9.93. The molecule has 0 amide bonds. The maximum absolute atomic E-state index is 3.94. The Balaban J connectivity index is 2.43. The fraction of sp³-hybridized carbons (Fsp3) is 0.158. The fourth-order valence-electron chi connectivity index (χ4n) is 2.89. The molecule has 0 fully saturated rings. The molecule has 0 atom stereocenters. The van der Waals surface area contributed by atoms with Crippen LogP contribution in [0.3, 0.4) is 0 Å². The molecule has 0 N–H and O–H groups in total. The Bertz CT molecular complexity index is 750. The average molecular weight is 246 g/mol. The Morgan fingerprint density at radius 2 is 1.68 bits per heavy atom. The van der Waals surface area contributed by atoms with Gasteiger partial charge in [0.05, 0.1) is 0 Å². The highest BCUT2D eigenvalue weighted by molar-refractivity contribution is 6.09. The van der Waals surface area contributed by atoms with Gasteiger partial charge in [0, 0.05) is 0 Å². The molecule has 0 unspecified atom stereocenters. The van der Waals surface area contributed by atoms with Gasteiger partial charge in [0.25, 0.3) is 0 Å². The summed E-state index contributed by atoms with van der Waals surface area (Å²) in [5, 5.41) is 5.38. The first kappa shape index (κ1) is 12.0. The molecule has 0 aliphatic heterocycles. The standard InChI is InChI=1S/C19H18/c1-3-7-16-14(4-2)10-12-19-17-9-6-5-8-15(17)11-13-18(16)19/h4-6,8-13H,2-3,7H2,1H3. The Hall–Kier alpha value is -2.08. The summed E-state index contributed by atoms with van der Waals surface area (Å²) in [4.78, 5) is 0. The fourth-order valence-corrected chi connectivity index (χ4v) is 2.89. The van der Waals surface area contributed by atoms with E-state index in [9.17, 15) is 0 Å². The second-order valence-corrected chi connectivity index (χ2v) is 4.97. The predicted octanol–water partition coefficient (Wildman–Crippen LogP) is 5.59. The molecule has 0 radical (unpaired) electrons. The van der Waals surface area contributed by atoms with Crippen LogP contribution in [0.15, 0.2) is 55.1 Å². The van der Waals surface area contributed by atoms with Crippen LogP contribution in [0, 0.1) is 0 Å². The highest BCUT2D eigenvalue weighted by Gasteiger charge is 2.07. The van der Waals surface area contributed by atoms with Gasteiger partial charge in [-0.3, -0.25) is 0 Å². The highest BCUT2D eigenvalue weighted by Crippen LogP contribution is 2.30. The van der Waals surface area contributed by atoms with Crippen LogP contribution in [0.5, 0.6) is 0 Å². The van der Waals surface area contributed by atoms with Crippen LogP contribution in [-0.4, -0.2) is 0 Å². The lowest BCUT2D eigenvalue weighted by Gasteiger charge is -2.12. The molecule has 0 saturated heterocycles. The molecule has 3 aromatic carbocycles. The van der Waals surface area contributed by atoms with Crippen molar-refractivity contribution in [1.29, 1.82) is 0 Å². The van der Waals surface area contributed by atoms with Crippen molar-refractivity contribution in [2.75, 3.05) is 0 Å². The summed E-state index contributed by atoms with van der Waals surface area (Å²) < 4.78 is 0. The van der Waals surface area contributed by atoms with E-state index in [-0.39, 0.29) is 0 Å². The number of rotatable bonds is 3. The molecule has 0 aliphatic rings. The van der Waals surface area contributed by atoms with Gasteiger partial charge in [-0.1, -0.05) is 74.5 Å².